The summed E-state index contributed by atoms with van der Waals surface area (Å²) in [7, 11) is 0. The maximum absolute atomic E-state index is 5.06. The van der Waals surface area contributed by atoms with E-state index in [9.17, 15) is 0 Å². The molecule has 0 aromatic rings. The fourth-order valence-electron chi connectivity index (χ4n) is 0.989. The average molecular weight is 141 g/mol. The Kier molecular flexibility index (Phi) is 3.13. The van der Waals surface area contributed by atoms with E-state index in [-0.39, 0.29) is 0 Å². The Labute approximate surface area is 62.5 Å². The van der Waals surface area contributed by atoms with Gasteiger partial charge in [0.15, 0.2) is 0 Å². The summed E-state index contributed by atoms with van der Waals surface area (Å²) in [6, 6.07) is 0. The van der Waals surface area contributed by atoms with Crippen LogP contribution in [-0.4, -0.2) is 24.6 Å². The highest BCUT2D eigenvalue weighted by Crippen LogP contribution is 2.00. The Hall–Kier alpha value is -0.660. The standard InChI is InChI=1S/C8H15NO/c1-2-3-4-9-5-7-10-8-6-9/h5,7H,2-4,6,8H2,1H3. The van der Waals surface area contributed by atoms with Crippen molar-refractivity contribution in [1.82, 2.24) is 4.90 Å². The first kappa shape index (κ1) is 7.45. The third-order valence-electron chi connectivity index (χ3n) is 1.66. The van der Waals surface area contributed by atoms with Crippen LogP contribution in [0.15, 0.2) is 12.5 Å². The zero-order valence-electron chi connectivity index (χ0n) is 6.55. The van der Waals surface area contributed by atoms with Crippen LogP contribution in [0, 0.1) is 0 Å². The lowest BCUT2D eigenvalue weighted by atomic mass is 10.3. The number of hydrogen-bond donors (Lipinski definition) is 0. The van der Waals surface area contributed by atoms with Crippen molar-refractivity contribution < 1.29 is 4.74 Å². The third kappa shape index (κ3) is 2.29. The van der Waals surface area contributed by atoms with E-state index in [2.05, 4.69) is 11.8 Å². The minimum atomic E-state index is 0.847. The lowest BCUT2D eigenvalue weighted by Gasteiger charge is -2.22. The first-order valence-corrected chi connectivity index (χ1v) is 3.96. The van der Waals surface area contributed by atoms with E-state index in [1.807, 2.05) is 6.20 Å². The molecule has 0 aromatic heterocycles. The molecule has 10 heavy (non-hydrogen) atoms. The van der Waals surface area contributed by atoms with Gasteiger partial charge < -0.3 is 9.64 Å². The highest BCUT2D eigenvalue weighted by atomic mass is 16.5. The van der Waals surface area contributed by atoms with E-state index in [4.69, 9.17) is 4.74 Å². The first-order chi connectivity index (χ1) is 4.93. The van der Waals surface area contributed by atoms with Crippen LogP contribution in [0.4, 0.5) is 0 Å². The van der Waals surface area contributed by atoms with Gasteiger partial charge in [0.05, 0.1) is 12.8 Å². The maximum atomic E-state index is 5.06. The van der Waals surface area contributed by atoms with Crippen LogP contribution in [0.3, 0.4) is 0 Å². The van der Waals surface area contributed by atoms with Crippen LogP contribution in [0.1, 0.15) is 19.8 Å². The van der Waals surface area contributed by atoms with Crippen LogP contribution < -0.4 is 0 Å². The molecule has 0 saturated heterocycles. The molecule has 0 atom stereocenters. The number of ether oxygens (including phenoxy) is 1. The molecular formula is C8H15NO. The Morgan fingerprint density at radius 1 is 1.60 bits per heavy atom. The minimum absolute atomic E-state index is 0.847. The number of nitrogens with zero attached hydrogens (tertiary/aromatic N) is 1. The fraction of sp³-hybridized carbons (Fsp3) is 0.750. The molecule has 1 heterocycles. The molecule has 0 N–H and O–H groups in total. The lowest BCUT2D eigenvalue weighted by Crippen LogP contribution is -2.25. The van der Waals surface area contributed by atoms with Crippen LogP contribution in [-0.2, 0) is 4.74 Å². The molecular weight excluding hydrogens is 126 g/mol. The van der Waals surface area contributed by atoms with Gasteiger partial charge in [0.2, 0.25) is 0 Å². The van der Waals surface area contributed by atoms with Crippen molar-refractivity contribution in [2.24, 2.45) is 0 Å². The van der Waals surface area contributed by atoms with E-state index >= 15 is 0 Å². The predicted molar refractivity (Wildman–Crippen MR) is 41.6 cm³/mol. The van der Waals surface area contributed by atoms with Crippen LogP contribution in [0.25, 0.3) is 0 Å². The topological polar surface area (TPSA) is 12.5 Å². The fourth-order valence-corrected chi connectivity index (χ4v) is 0.989. The summed E-state index contributed by atoms with van der Waals surface area (Å²) in [5.74, 6) is 0. The van der Waals surface area contributed by atoms with E-state index in [0.29, 0.717) is 0 Å². The van der Waals surface area contributed by atoms with Gasteiger partial charge in [0.25, 0.3) is 0 Å². The molecule has 0 unspecified atom stereocenters. The predicted octanol–water partition coefficient (Wildman–Crippen LogP) is 1.59. The third-order valence-corrected chi connectivity index (χ3v) is 1.66. The highest BCUT2D eigenvalue weighted by Gasteiger charge is 2.01. The van der Waals surface area contributed by atoms with E-state index in [1.165, 1.54) is 19.4 Å². The van der Waals surface area contributed by atoms with Crippen LogP contribution in [0.2, 0.25) is 0 Å². The number of unbranched alkanes of at least 4 members (excludes halogenated alkanes) is 1. The van der Waals surface area contributed by atoms with Gasteiger partial charge in [-0.25, -0.2) is 0 Å². The Morgan fingerprint density at radius 3 is 3.10 bits per heavy atom. The second-order valence-electron chi connectivity index (χ2n) is 2.55. The van der Waals surface area contributed by atoms with E-state index in [0.717, 1.165) is 13.2 Å². The first-order valence-electron chi connectivity index (χ1n) is 3.96. The summed E-state index contributed by atoms with van der Waals surface area (Å²) < 4.78 is 5.06. The molecule has 1 aliphatic rings. The zero-order chi connectivity index (χ0) is 7.23. The Bertz CT molecular complexity index is 112. The van der Waals surface area contributed by atoms with Gasteiger partial charge in [-0.3, -0.25) is 0 Å². The largest absolute Gasteiger partial charge is 0.498 e. The second-order valence-corrected chi connectivity index (χ2v) is 2.55. The van der Waals surface area contributed by atoms with Gasteiger partial charge in [0, 0.05) is 12.7 Å². The summed E-state index contributed by atoms with van der Waals surface area (Å²) >= 11 is 0. The highest BCUT2D eigenvalue weighted by molar-refractivity contribution is 4.79. The van der Waals surface area contributed by atoms with Crippen molar-refractivity contribution in [1.29, 1.82) is 0 Å². The van der Waals surface area contributed by atoms with E-state index < -0.39 is 0 Å². The molecule has 0 radical (unpaired) electrons. The monoisotopic (exact) mass is 141 g/mol. The maximum Gasteiger partial charge on any atom is 0.105 e. The van der Waals surface area contributed by atoms with Crippen molar-refractivity contribution in [3.05, 3.63) is 12.5 Å². The van der Waals surface area contributed by atoms with Gasteiger partial charge in [-0.1, -0.05) is 13.3 Å². The SMILES string of the molecule is CCCCN1C=COCC1. The van der Waals surface area contributed by atoms with Crippen molar-refractivity contribution in [2.75, 3.05) is 19.7 Å². The molecule has 1 aliphatic heterocycles. The van der Waals surface area contributed by atoms with Crippen LogP contribution in [0.5, 0.6) is 0 Å². The molecule has 0 aromatic carbocycles. The van der Waals surface area contributed by atoms with E-state index in [1.54, 1.807) is 6.26 Å². The molecule has 2 heteroatoms. The molecule has 0 fully saturated rings. The molecule has 0 bridgehead atoms. The molecule has 2 nitrogen and oxygen atoms in total. The lowest BCUT2D eigenvalue weighted by molar-refractivity contribution is 0.172. The number of hydrogen-bond acceptors (Lipinski definition) is 2. The normalized spacial score (nSPS) is 17.1. The minimum Gasteiger partial charge on any atom is -0.498 e. The molecule has 58 valence electrons. The second kappa shape index (κ2) is 4.20. The van der Waals surface area contributed by atoms with Gasteiger partial charge in [-0.2, -0.15) is 0 Å². The quantitative estimate of drug-likeness (QED) is 0.591. The molecule has 0 amide bonds. The van der Waals surface area contributed by atoms with Crippen molar-refractivity contribution in [2.45, 2.75) is 19.8 Å². The van der Waals surface area contributed by atoms with Crippen molar-refractivity contribution in [3.8, 4) is 0 Å². The zero-order valence-corrected chi connectivity index (χ0v) is 6.55. The summed E-state index contributed by atoms with van der Waals surface area (Å²) in [5, 5.41) is 0. The van der Waals surface area contributed by atoms with Gasteiger partial charge >= 0.3 is 0 Å². The number of rotatable bonds is 3. The van der Waals surface area contributed by atoms with Crippen molar-refractivity contribution >= 4 is 0 Å². The van der Waals surface area contributed by atoms with Gasteiger partial charge in [-0.05, 0) is 6.42 Å². The Morgan fingerprint density at radius 2 is 2.50 bits per heavy atom. The van der Waals surface area contributed by atoms with Crippen LogP contribution >= 0.6 is 0 Å². The Balaban J connectivity index is 2.13. The molecule has 0 saturated carbocycles. The summed E-state index contributed by atoms with van der Waals surface area (Å²) in [6.45, 7) is 5.29. The molecule has 0 spiro atoms. The average Bonchev–Trinajstić information content (AvgIpc) is 2.03. The molecule has 0 aliphatic carbocycles. The van der Waals surface area contributed by atoms with Gasteiger partial charge in [-0.15, -0.1) is 0 Å². The van der Waals surface area contributed by atoms with Crippen molar-refractivity contribution in [3.63, 3.8) is 0 Å². The summed E-state index contributed by atoms with van der Waals surface area (Å²) in [4.78, 5) is 2.30. The summed E-state index contributed by atoms with van der Waals surface area (Å²) in [6.07, 6.45) is 6.36. The summed E-state index contributed by atoms with van der Waals surface area (Å²) in [5.41, 5.74) is 0. The smallest absolute Gasteiger partial charge is 0.105 e. The van der Waals surface area contributed by atoms with Gasteiger partial charge in [0.1, 0.15) is 6.61 Å². The molecule has 1 rings (SSSR count).